The van der Waals surface area contributed by atoms with Crippen LogP contribution in [0, 0.1) is 16.7 Å². The predicted molar refractivity (Wildman–Crippen MR) is 80.8 cm³/mol. The third-order valence-electron chi connectivity index (χ3n) is 5.16. The molecule has 2 bridgehead atoms. The standard InChI is InChI=1S/C15H25NO5S/c1-13(2,3)21-12(17)16-5-11(6-16)15-7-14(8-15,9-15)10-20-22(4,18)19/h11H,5-10H2,1-4H3. The molecule has 4 aliphatic rings. The van der Waals surface area contributed by atoms with Crippen molar-refractivity contribution >= 4 is 16.2 Å². The Morgan fingerprint density at radius 3 is 2.23 bits per heavy atom. The highest BCUT2D eigenvalue weighted by atomic mass is 32.2. The van der Waals surface area contributed by atoms with Crippen LogP contribution < -0.4 is 0 Å². The molecular weight excluding hydrogens is 306 g/mol. The van der Waals surface area contributed by atoms with E-state index in [2.05, 4.69) is 0 Å². The number of hydrogen-bond donors (Lipinski definition) is 0. The number of carbonyl (C=O) groups excluding carboxylic acids is 1. The molecule has 6 nitrogen and oxygen atoms in total. The van der Waals surface area contributed by atoms with E-state index in [0.717, 1.165) is 38.6 Å². The number of rotatable bonds is 4. The molecule has 0 unspecified atom stereocenters. The molecule has 126 valence electrons. The molecule has 4 rings (SSSR count). The Kier molecular flexibility index (Phi) is 3.36. The summed E-state index contributed by atoms with van der Waals surface area (Å²) in [6.45, 7) is 7.45. The summed E-state index contributed by atoms with van der Waals surface area (Å²) >= 11 is 0. The van der Waals surface area contributed by atoms with Crippen molar-refractivity contribution in [2.24, 2.45) is 16.7 Å². The quantitative estimate of drug-likeness (QED) is 0.737. The number of carbonyl (C=O) groups is 1. The normalized spacial score (nSPS) is 34.5. The van der Waals surface area contributed by atoms with Crippen molar-refractivity contribution in [2.75, 3.05) is 26.0 Å². The first-order valence-electron chi connectivity index (χ1n) is 7.75. The smallest absolute Gasteiger partial charge is 0.410 e. The number of ether oxygens (including phenoxy) is 1. The molecule has 3 aliphatic carbocycles. The lowest BCUT2D eigenvalue weighted by Gasteiger charge is -2.75. The van der Waals surface area contributed by atoms with Gasteiger partial charge in [0.15, 0.2) is 0 Å². The fourth-order valence-corrected chi connectivity index (χ4v) is 4.71. The summed E-state index contributed by atoms with van der Waals surface area (Å²) in [5.74, 6) is 0.528. The van der Waals surface area contributed by atoms with Crippen LogP contribution >= 0.6 is 0 Å². The maximum absolute atomic E-state index is 11.9. The zero-order valence-electron chi connectivity index (χ0n) is 13.7. The number of likely N-dealkylation sites (tertiary alicyclic amines) is 1. The first kappa shape index (κ1) is 16.1. The number of nitrogens with zero attached hydrogens (tertiary/aromatic N) is 1. The first-order chi connectivity index (χ1) is 9.92. The molecule has 1 heterocycles. The van der Waals surface area contributed by atoms with Gasteiger partial charge < -0.3 is 9.64 Å². The Labute approximate surface area is 132 Å². The summed E-state index contributed by atoms with van der Waals surface area (Å²) in [4.78, 5) is 13.7. The molecule has 0 aromatic carbocycles. The van der Waals surface area contributed by atoms with E-state index in [1.165, 1.54) is 0 Å². The minimum Gasteiger partial charge on any atom is -0.444 e. The minimum atomic E-state index is -3.35. The van der Waals surface area contributed by atoms with Crippen molar-refractivity contribution < 1.29 is 22.1 Å². The first-order valence-corrected chi connectivity index (χ1v) is 9.56. The van der Waals surface area contributed by atoms with E-state index >= 15 is 0 Å². The number of hydrogen-bond acceptors (Lipinski definition) is 5. The molecule has 0 aromatic heterocycles. The topological polar surface area (TPSA) is 72.9 Å². The molecule has 0 atom stereocenters. The lowest BCUT2D eigenvalue weighted by molar-refractivity contribution is -0.265. The Bertz CT molecular complexity index is 566. The SMILES string of the molecule is CC(C)(C)OC(=O)N1CC(C23CC(COS(C)(=O)=O)(C2)C3)C1. The van der Waals surface area contributed by atoms with Gasteiger partial charge in [0.05, 0.1) is 12.9 Å². The van der Waals surface area contributed by atoms with Crippen molar-refractivity contribution in [3.63, 3.8) is 0 Å². The van der Waals surface area contributed by atoms with E-state index in [1.807, 2.05) is 20.8 Å². The maximum atomic E-state index is 11.9. The molecule has 3 saturated carbocycles. The largest absolute Gasteiger partial charge is 0.444 e. The monoisotopic (exact) mass is 331 g/mol. The highest BCUT2D eigenvalue weighted by Crippen LogP contribution is 2.77. The molecule has 1 saturated heterocycles. The lowest BCUT2D eigenvalue weighted by atomic mass is 9.31. The van der Waals surface area contributed by atoms with Gasteiger partial charge in [0.2, 0.25) is 0 Å². The zero-order valence-corrected chi connectivity index (χ0v) is 14.5. The summed E-state index contributed by atoms with van der Waals surface area (Å²) in [5, 5.41) is 0. The molecule has 1 amide bonds. The van der Waals surface area contributed by atoms with Crippen molar-refractivity contribution in [3.05, 3.63) is 0 Å². The molecule has 0 radical (unpaired) electrons. The average Bonchev–Trinajstić information content (AvgIpc) is 2.11. The van der Waals surface area contributed by atoms with Crippen LogP contribution in [0.5, 0.6) is 0 Å². The van der Waals surface area contributed by atoms with Gasteiger partial charge in [0.1, 0.15) is 5.60 Å². The van der Waals surface area contributed by atoms with Gasteiger partial charge in [0, 0.05) is 19.0 Å². The van der Waals surface area contributed by atoms with Crippen molar-refractivity contribution in [1.29, 1.82) is 0 Å². The van der Waals surface area contributed by atoms with Crippen LogP contribution in [0.1, 0.15) is 40.0 Å². The van der Waals surface area contributed by atoms with Gasteiger partial charge in [-0.15, -0.1) is 0 Å². The lowest BCUT2D eigenvalue weighted by Crippen LogP contribution is -2.72. The van der Waals surface area contributed by atoms with Gasteiger partial charge >= 0.3 is 6.09 Å². The Morgan fingerprint density at radius 1 is 1.23 bits per heavy atom. The van der Waals surface area contributed by atoms with Crippen molar-refractivity contribution in [2.45, 2.75) is 45.6 Å². The molecule has 0 spiro atoms. The van der Waals surface area contributed by atoms with Crippen molar-refractivity contribution in [3.8, 4) is 0 Å². The van der Waals surface area contributed by atoms with E-state index in [9.17, 15) is 13.2 Å². The van der Waals surface area contributed by atoms with Gasteiger partial charge in [-0.3, -0.25) is 4.18 Å². The van der Waals surface area contributed by atoms with Crippen LogP contribution in [-0.4, -0.2) is 51.0 Å². The Hall–Kier alpha value is -0.820. The fourth-order valence-electron chi connectivity index (χ4n) is 4.24. The molecule has 1 aliphatic heterocycles. The maximum Gasteiger partial charge on any atom is 0.410 e. The zero-order chi connectivity index (χ0) is 16.4. The van der Waals surface area contributed by atoms with Crippen LogP contribution in [0.4, 0.5) is 4.79 Å². The van der Waals surface area contributed by atoms with Gasteiger partial charge in [-0.25, -0.2) is 4.79 Å². The predicted octanol–water partition coefficient (Wildman–Crippen LogP) is 2.00. The van der Waals surface area contributed by atoms with E-state index in [-0.39, 0.29) is 11.5 Å². The van der Waals surface area contributed by atoms with Gasteiger partial charge in [-0.2, -0.15) is 8.42 Å². The summed E-state index contributed by atoms with van der Waals surface area (Å²) in [5.41, 5.74) is -0.0552. The van der Waals surface area contributed by atoms with Gasteiger partial charge in [0.25, 0.3) is 10.1 Å². The Balaban J connectivity index is 1.42. The van der Waals surface area contributed by atoms with E-state index in [1.54, 1.807) is 4.90 Å². The van der Waals surface area contributed by atoms with E-state index in [0.29, 0.717) is 17.9 Å². The molecule has 0 aromatic rings. The van der Waals surface area contributed by atoms with Crippen LogP contribution in [0.2, 0.25) is 0 Å². The molecule has 7 heteroatoms. The second-order valence-electron chi connectivity index (χ2n) is 8.44. The number of amides is 1. The molecular formula is C15H25NO5S. The molecule has 0 N–H and O–H groups in total. The van der Waals surface area contributed by atoms with Crippen LogP contribution in [-0.2, 0) is 19.0 Å². The third kappa shape index (κ3) is 2.85. The van der Waals surface area contributed by atoms with Crippen LogP contribution in [0.25, 0.3) is 0 Å². The van der Waals surface area contributed by atoms with E-state index in [4.69, 9.17) is 8.92 Å². The van der Waals surface area contributed by atoms with Gasteiger partial charge in [-0.1, -0.05) is 0 Å². The summed E-state index contributed by atoms with van der Waals surface area (Å²) < 4.78 is 32.5. The average molecular weight is 331 g/mol. The van der Waals surface area contributed by atoms with Crippen LogP contribution in [0.3, 0.4) is 0 Å². The third-order valence-corrected chi connectivity index (χ3v) is 5.71. The highest BCUT2D eigenvalue weighted by Gasteiger charge is 2.71. The second-order valence-corrected chi connectivity index (χ2v) is 10.1. The fraction of sp³-hybridized carbons (Fsp3) is 0.933. The molecule has 4 fully saturated rings. The summed E-state index contributed by atoms with van der Waals surface area (Å²) in [7, 11) is -3.35. The highest BCUT2D eigenvalue weighted by molar-refractivity contribution is 7.85. The minimum absolute atomic E-state index is 0.0788. The van der Waals surface area contributed by atoms with Gasteiger partial charge in [-0.05, 0) is 50.9 Å². The summed E-state index contributed by atoms with van der Waals surface area (Å²) in [6.07, 6.45) is 3.96. The van der Waals surface area contributed by atoms with Crippen LogP contribution in [0.15, 0.2) is 0 Å². The van der Waals surface area contributed by atoms with E-state index < -0.39 is 15.7 Å². The molecule has 22 heavy (non-hydrogen) atoms. The summed E-state index contributed by atoms with van der Waals surface area (Å²) in [6, 6.07) is 0. The second kappa shape index (κ2) is 4.60. The van der Waals surface area contributed by atoms with Crippen molar-refractivity contribution in [1.82, 2.24) is 4.90 Å². The Morgan fingerprint density at radius 2 is 1.77 bits per heavy atom.